The molecule has 158 valence electrons. The molecule has 2 aromatic rings. The summed E-state index contributed by atoms with van der Waals surface area (Å²) in [5.74, 6) is 0.286. The van der Waals surface area contributed by atoms with Crippen molar-refractivity contribution in [1.29, 1.82) is 0 Å². The molecule has 0 fully saturated rings. The molecule has 0 aliphatic carbocycles. The van der Waals surface area contributed by atoms with Crippen molar-refractivity contribution in [3.05, 3.63) is 65.2 Å². The van der Waals surface area contributed by atoms with Crippen molar-refractivity contribution in [3.8, 4) is 5.75 Å². The number of carbonyl (C=O) groups is 3. The fourth-order valence-electron chi connectivity index (χ4n) is 3.50. The van der Waals surface area contributed by atoms with E-state index in [4.69, 9.17) is 4.74 Å². The molecule has 0 spiro atoms. The molecule has 0 bridgehead atoms. The maximum atomic E-state index is 12.3. The van der Waals surface area contributed by atoms with Crippen molar-refractivity contribution in [2.24, 2.45) is 0 Å². The van der Waals surface area contributed by atoms with E-state index in [1.54, 1.807) is 24.3 Å². The minimum atomic E-state index is -0.278. The number of hydrogen-bond acceptors (Lipinski definition) is 4. The van der Waals surface area contributed by atoms with E-state index in [9.17, 15) is 14.4 Å². The molecule has 0 saturated carbocycles. The molecule has 0 atom stereocenters. The third kappa shape index (κ3) is 5.26. The predicted octanol–water partition coefficient (Wildman–Crippen LogP) is 3.60. The van der Waals surface area contributed by atoms with Crippen LogP contribution in [0.15, 0.2) is 48.5 Å². The van der Waals surface area contributed by atoms with Crippen molar-refractivity contribution >= 4 is 17.7 Å². The lowest BCUT2D eigenvalue weighted by molar-refractivity contribution is -0.121. The van der Waals surface area contributed by atoms with Crippen LogP contribution < -0.4 is 10.1 Å². The lowest BCUT2D eigenvalue weighted by atomic mass is 10.1. The number of hydrogen-bond donors (Lipinski definition) is 1. The molecule has 1 aliphatic heterocycles. The van der Waals surface area contributed by atoms with Gasteiger partial charge in [-0.15, -0.1) is 0 Å². The van der Waals surface area contributed by atoms with Gasteiger partial charge in [-0.25, -0.2) is 0 Å². The van der Waals surface area contributed by atoms with Gasteiger partial charge in [-0.05, 0) is 49.4 Å². The average Bonchev–Trinajstić information content (AvgIpc) is 3.01. The summed E-state index contributed by atoms with van der Waals surface area (Å²) in [6.45, 7) is 3.60. The van der Waals surface area contributed by atoms with E-state index in [2.05, 4.69) is 18.3 Å². The van der Waals surface area contributed by atoms with Gasteiger partial charge in [0.1, 0.15) is 5.75 Å². The number of aryl methyl sites for hydroxylation is 1. The average molecular weight is 408 g/mol. The van der Waals surface area contributed by atoms with Crippen molar-refractivity contribution in [2.75, 3.05) is 19.7 Å². The topological polar surface area (TPSA) is 75.7 Å². The first-order valence-corrected chi connectivity index (χ1v) is 10.5. The van der Waals surface area contributed by atoms with Crippen molar-refractivity contribution < 1.29 is 19.1 Å². The van der Waals surface area contributed by atoms with Crippen LogP contribution in [-0.2, 0) is 11.2 Å². The second kappa shape index (κ2) is 10.6. The Hall–Kier alpha value is -3.15. The Morgan fingerprint density at radius 1 is 0.967 bits per heavy atom. The Labute approximate surface area is 177 Å². The van der Waals surface area contributed by atoms with Gasteiger partial charge < -0.3 is 10.1 Å². The zero-order valence-electron chi connectivity index (χ0n) is 17.4. The highest BCUT2D eigenvalue weighted by Gasteiger charge is 2.34. The Morgan fingerprint density at radius 3 is 2.33 bits per heavy atom. The van der Waals surface area contributed by atoms with Crippen LogP contribution in [0.5, 0.6) is 5.75 Å². The van der Waals surface area contributed by atoms with E-state index in [1.165, 1.54) is 4.90 Å². The molecule has 0 radical (unpaired) electrons. The highest BCUT2D eigenvalue weighted by Crippen LogP contribution is 2.22. The molecule has 3 amide bonds. The van der Waals surface area contributed by atoms with E-state index in [0.29, 0.717) is 30.7 Å². The van der Waals surface area contributed by atoms with Gasteiger partial charge in [-0.2, -0.15) is 0 Å². The number of imide groups is 1. The molecule has 1 aliphatic rings. The summed E-state index contributed by atoms with van der Waals surface area (Å²) in [5, 5.41) is 2.91. The van der Waals surface area contributed by atoms with Crippen molar-refractivity contribution in [2.45, 2.75) is 39.0 Å². The summed E-state index contributed by atoms with van der Waals surface area (Å²) in [5.41, 5.74) is 2.02. The Kier molecular flexibility index (Phi) is 7.60. The number of rotatable bonds is 11. The Morgan fingerprint density at radius 2 is 1.63 bits per heavy atom. The predicted molar refractivity (Wildman–Crippen MR) is 115 cm³/mol. The smallest absolute Gasteiger partial charge is 0.261 e. The van der Waals surface area contributed by atoms with E-state index in [0.717, 1.165) is 30.6 Å². The Balaban J connectivity index is 1.36. The normalized spacial score (nSPS) is 12.8. The van der Waals surface area contributed by atoms with E-state index >= 15 is 0 Å². The van der Waals surface area contributed by atoms with Gasteiger partial charge in [0, 0.05) is 19.5 Å². The molecule has 0 saturated heterocycles. The molecule has 0 unspecified atom stereocenters. The number of carbonyl (C=O) groups excluding carboxylic acids is 3. The number of nitrogens with zero attached hydrogens (tertiary/aromatic N) is 1. The molecular weight excluding hydrogens is 380 g/mol. The van der Waals surface area contributed by atoms with Crippen LogP contribution in [0, 0.1) is 0 Å². The fourth-order valence-corrected chi connectivity index (χ4v) is 3.50. The molecule has 2 aromatic carbocycles. The first-order chi connectivity index (χ1) is 14.6. The van der Waals surface area contributed by atoms with Crippen LogP contribution in [0.4, 0.5) is 0 Å². The lowest BCUT2D eigenvalue weighted by Crippen LogP contribution is -2.32. The molecule has 1 N–H and O–H groups in total. The van der Waals surface area contributed by atoms with Crippen molar-refractivity contribution in [1.82, 2.24) is 10.2 Å². The van der Waals surface area contributed by atoms with Crippen LogP contribution in [0.3, 0.4) is 0 Å². The van der Waals surface area contributed by atoms with Gasteiger partial charge in [0.25, 0.3) is 11.8 Å². The third-order valence-electron chi connectivity index (χ3n) is 5.04. The number of para-hydroxylation sites is 1. The van der Waals surface area contributed by atoms with Gasteiger partial charge >= 0.3 is 0 Å². The fraction of sp³-hybridized carbons (Fsp3) is 0.375. The molecule has 6 nitrogen and oxygen atoms in total. The van der Waals surface area contributed by atoms with Crippen LogP contribution in [0.25, 0.3) is 0 Å². The maximum Gasteiger partial charge on any atom is 0.261 e. The van der Waals surface area contributed by atoms with Gasteiger partial charge in [0.05, 0.1) is 17.7 Å². The van der Waals surface area contributed by atoms with Crippen LogP contribution in [-0.4, -0.2) is 42.3 Å². The highest BCUT2D eigenvalue weighted by atomic mass is 16.5. The molecule has 6 heteroatoms. The summed E-state index contributed by atoms with van der Waals surface area (Å²) < 4.78 is 5.76. The monoisotopic (exact) mass is 408 g/mol. The van der Waals surface area contributed by atoms with Crippen LogP contribution >= 0.6 is 0 Å². The quantitative estimate of drug-likeness (QED) is 0.455. The van der Waals surface area contributed by atoms with Crippen molar-refractivity contribution in [3.63, 3.8) is 0 Å². The summed E-state index contributed by atoms with van der Waals surface area (Å²) in [7, 11) is 0. The first-order valence-electron chi connectivity index (χ1n) is 10.5. The molecule has 1 heterocycles. The minimum Gasteiger partial charge on any atom is -0.493 e. The first kappa shape index (κ1) is 21.6. The van der Waals surface area contributed by atoms with Crippen LogP contribution in [0.1, 0.15) is 58.9 Å². The van der Waals surface area contributed by atoms with Gasteiger partial charge in [-0.1, -0.05) is 37.3 Å². The second-order valence-electron chi connectivity index (χ2n) is 7.32. The van der Waals surface area contributed by atoms with Crippen LogP contribution in [0.2, 0.25) is 0 Å². The summed E-state index contributed by atoms with van der Waals surface area (Å²) in [6.07, 6.45) is 3.34. The van der Waals surface area contributed by atoms with E-state index in [1.807, 2.05) is 18.2 Å². The maximum absolute atomic E-state index is 12.3. The number of benzene rings is 2. The highest BCUT2D eigenvalue weighted by molar-refractivity contribution is 6.21. The number of fused-ring (bicyclic) bond motifs is 1. The number of ether oxygens (including phenoxy) is 1. The van der Waals surface area contributed by atoms with E-state index < -0.39 is 0 Å². The van der Waals surface area contributed by atoms with E-state index in [-0.39, 0.29) is 30.7 Å². The second-order valence-corrected chi connectivity index (χ2v) is 7.32. The summed E-state index contributed by atoms with van der Waals surface area (Å²) in [6, 6.07) is 14.8. The standard InChI is InChI=1S/C24H28N2O4/c1-2-17-30-21-13-6-3-9-18(21)10-7-15-25-22(27)14-8-16-26-23(28)19-11-4-5-12-20(19)24(26)29/h3-6,9,11-13H,2,7-8,10,14-17H2,1H3,(H,25,27). The van der Waals surface area contributed by atoms with Gasteiger partial charge in [0.2, 0.25) is 5.91 Å². The molecule has 0 aromatic heterocycles. The third-order valence-corrected chi connectivity index (χ3v) is 5.04. The minimum absolute atomic E-state index is 0.0675. The largest absolute Gasteiger partial charge is 0.493 e. The molecule has 30 heavy (non-hydrogen) atoms. The Bertz CT molecular complexity index is 875. The lowest BCUT2D eigenvalue weighted by Gasteiger charge is -2.13. The summed E-state index contributed by atoms with van der Waals surface area (Å²) >= 11 is 0. The molecule has 3 rings (SSSR count). The van der Waals surface area contributed by atoms with Gasteiger partial charge in [0.15, 0.2) is 0 Å². The summed E-state index contributed by atoms with van der Waals surface area (Å²) in [4.78, 5) is 38.0. The number of nitrogens with one attached hydrogen (secondary N) is 1. The molecular formula is C24H28N2O4. The van der Waals surface area contributed by atoms with Gasteiger partial charge in [-0.3, -0.25) is 19.3 Å². The SMILES string of the molecule is CCCOc1ccccc1CCCNC(=O)CCCN1C(=O)c2ccccc2C1=O. The number of amides is 3. The zero-order chi connectivity index (χ0) is 21.3. The zero-order valence-corrected chi connectivity index (χ0v) is 17.4.